The van der Waals surface area contributed by atoms with Gasteiger partial charge in [-0.3, -0.25) is 9.52 Å². The number of halogens is 1. The maximum Gasteiger partial charge on any atom is 0.338 e. The van der Waals surface area contributed by atoms with Crippen LogP contribution in [0.25, 0.3) is 0 Å². The fraction of sp³-hybridized carbons (Fsp3) is 0.200. The van der Waals surface area contributed by atoms with Crippen LogP contribution >= 0.6 is 0 Å². The first kappa shape index (κ1) is 25.0. The van der Waals surface area contributed by atoms with Gasteiger partial charge in [-0.05, 0) is 60.5 Å². The number of fused-ring (bicyclic) bond motifs is 1. The van der Waals surface area contributed by atoms with Gasteiger partial charge in [-0.1, -0.05) is 12.1 Å². The van der Waals surface area contributed by atoms with E-state index in [1.54, 1.807) is 12.1 Å². The number of nitrogens with one attached hydrogen (secondary N) is 2. The van der Waals surface area contributed by atoms with E-state index in [-0.39, 0.29) is 22.0 Å². The molecule has 0 aromatic heterocycles. The Kier molecular flexibility index (Phi) is 7.69. The maximum absolute atomic E-state index is 12.9. The number of hydrogen-bond donors (Lipinski definition) is 2. The fourth-order valence-corrected chi connectivity index (χ4v) is 4.42. The highest BCUT2D eigenvalue weighted by Gasteiger charge is 2.20. The van der Waals surface area contributed by atoms with Gasteiger partial charge in [-0.2, -0.15) is 0 Å². The molecule has 0 saturated heterocycles. The molecule has 0 bridgehead atoms. The summed E-state index contributed by atoms with van der Waals surface area (Å²) in [5.41, 5.74) is 1.25. The Hall–Kier alpha value is -4.12. The van der Waals surface area contributed by atoms with Crippen LogP contribution in [0.15, 0.2) is 71.6 Å². The van der Waals surface area contributed by atoms with Crippen molar-refractivity contribution in [2.45, 2.75) is 11.3 Å². The van der Waals surface area contributed by atoms with Crippen LogP contribution in [-0.4, -0.2) is 46.7 Å². The number of rotatable bonds is 9. The molecule has 1 amide bonds. The summed E-state index contributed by atoms with van der Waals surface area (Å²) in [6.45, 7) is 0.564. The molecule has 0 radical (unpaired) electrons. The molecule has 3 aromatic carbocycles. The molecule has 0 unspecified atom stereocenters. The first-order valence-electron chi connectivity index (χ1n) is 11.0. The lowest BCUT2D eigenvalue weighted by Gasteiger charge is -2.19. The Labute approximate surface area is 207 Å². The van der Waals surface area contributed by atoms with Crippen molar-refractivity contribution in [1.82, 2.24) is 5.32 Å². The topological polar surface area (TPSA) is 120 Å². The highest BCUT2D eigenvalue weighted by Crippen LogP contribution is 2.32. The lowest BCUT2D eigenvalue weighted by molar-refractivity contribution is -0.124. The van der Waals surface area contributed by atoms with Crippen molar-refractivity contribution in [1.29, 1.82) is 0 Å². The lowest BCUT2D eigenvalue weighted by atomic mass is 10.1. The normalized spacial score (nSPS) is 12.5. The number of ether oxygens (including phenoxy) is 3. The van der Waals surface area contributed by atoms with Gasteiger partial charge >= 0.3 is 5.97 Å². The van der Waals surface area contributed by atoms with Gasteiger partial charge in [0.25, 0.3) is 15.9 Å². The largest absolute Gasteiger partial charge is 0.486 e. The van der Waals surface area contributed by atoms with Crippen molar-refractivity contribution in [2.24, 2.45) is 0 Å². The summed E-state index contributed by atoms with van der Waals surface area (Å²) < 4.78 is 56.6. The maximum atomic E-state index is 12.9. The van der Waals surface area contributed by atoms with E-state index in [0.29, 0.717) is 37.7 Å². The van der Waals surface area contributed by atoms with E-state index >= 15 is 0 Å². The lowest BCUT2D eigenvalue weighted by Crippen LogP contribution is -2.30. The number of hydrogen-bond acceptors (Lipinski definition) is 7. The van der Waals surface area contributed by atoms with Gasteiger partial charge in [0.15, 0.2) is 18.1 Å². The molecule has 0 atom stereocenters. The van der Waals surface area contributed by atoms with Crippen molar-refractivity contribution in [3.8, 4) is 11.5 Å². The van der Waals surface area contributed by atoms with E-state index in [0.717, 1.165) is 5.56 Å². The zero-order valence-corrected chi connectivity index (χ0v) is 19.8. The van der Waals surface area contributed by atoms with Crippen LogP contribution in [-0.2, 0) is 26.0 Å². The summed E-state index contributed by atoms with van der Waals surface area (Å²) in [6.07, 6.45) is 0.504. The van der Waals surface area contributed by atoms with Crippen molar-refractivity contribution in [3.63, 3.8) is 0 Å². The molecule has 4 rings (SSSR count). The van der Waals surface area contributed by atoms with Gasteiger partial charge in [0, 0.05) is 18.3 Å². The van der Waals surface area contributed by atoms with Gasteiger partial charge in [0.05, 0.1) is 10.5 Å². The zero-order chi connectivity index (χ0) is 25.5. The molecule has 11 heteroatoms. The molecule has 1 heterocycles. The average Bonchev–Trinajstić information content (AvgIpc) is 2.88. The minimum absolute atomic E-state index is 0.000627. The second-order valence-corrected chi connectivity index (χ2v) is 9.47. The molecule has 0 fully saturated rings. The second kappa shape index (κ2) is 11.1. The third kappa shape index (κ3) is 6.51. The van der Waals surface area contributed by atoms with Crippen LogP contribution in [0.3, 0.4) is 0 Å². The Morgan fingerprint density at radius 1 is 0.917 bits per heavy atom. The Balaban J connectivity index is 1.26. The third-order valence-corrected chi connectivity index (χ3v) is 6.56. The van der Waals surface area contributed by atoms with Gasteiger partial charge in [0.2, 0.25) is 0 Å². The Bertz CT molecular complexity index is 1340. The van der Waals surface area contributed by atoms with Gasteiger partial charge in [0.1, 0.15) is 19.0 Å². The first-order chi connectivity index (χ1) is 17.3. The molecule has 1 aliphatic rings. The van der Waals surface area contributed by atoms with E-state index < -0.39 is 28.5 Å². The molecule has 0 spiro atoms. The molecule has 0 aliphatic carbocycles. The summed E-state index contributed by atoms with van der Waals surface area (Å²) in [6, 6.07) is 15.8. The molecular weight excluding hydrogens is 491 g/mol. The summed E-state index contributed by atoms with van der Waals surface area (Å²) in [5.74, 6) is -0.717. The number of esters is 1. The fourth-order valence-electron chi connectivity index (χ4n) is 3.34. The number of carbonyl (C=O) groups is 2. The highest BCUT2D eigenvalue weighted by atomic mass is 32.2. The van der Waals surface area contributed by atoms with E-state index in [1.165, 1.54) is 54.6 Å². The molecule has 36 heavy (non-hydrogen) atoms. The monoisotopic (exact) mass is 514 g/mol. The average molecular weight is 515 g/mol. The van der Waals surface area contributed by atoms with Crippen LogP contribution in [0, 0.1) is 5.82 Å². The second-order valence-electron chi connectivity index (χ2n) is 7.79. The molecule has 188 valence electrons. The van der Waals surface area contributed by atoms with Crippen molar-refractivity contribution in [2.75, 3.05) is 31.1 Å². The van der Waals surface area contributed by atoms with Crippen LogP contribution in [0.4, 0.5) is 10.1 Å². The molecular formula is C25H23FN2O7S. The van der Waals surface area contributed by atoms with Crippen molar-refractivity contribution < 1.29 is 36.6 Å². The third-order valence-electron chi connectivity index (χ3n) is 5.18. The van der Waals surface area contributed by atoms with Crippen molar-refractivity contribution >= 4 is 27.6 Å². The number of carbonyl (C=O) groups excluding carboxylic acids is 2. The van der Waals surface area contributed by atoms with E-state index in [9.17, 15) is 22.4 Å². The number of sulfonamides is 1. The van der Waals surface area contributed by atoms with E-state index in [1.807, 2.05) is 0 Å². The van der Waals surface area contributed by atoms with Crippen LogP contribution in [0.1, 0.15) is 15.9 Å². The van der Waals surface area contributed by atoms with Gasteiger partial charge in [-0.25, -0.2) is 17.6 Å². The summed E-state index contributed by atoms with van der Waals surface area (Å²) in [4.78, 5) is 24.1. The predicted molar refractivity (Wildman–Crippen MR) is 128 cm³/mol. The SMILES string of the molecule is O=C(COC(=O)c1ccc(NS(=O)(=O)c2ccc3c(c2)OCCO3)cc1)NCCc1ccc(F)cc1. The highest BCUT2D eigenvalue weighted by molar-refractivity contribution is 7.92. The van der Waals surface area contributed by atoms with Gasteiger partial charge in [-0.15, -0.1) is 0 Å². The first-order valence-corrected chi connectivity index (χ1v) is 12.5. The summed E-state index contributed by atoms with van der Waals surface area (Å²) in [5, 5.41) is 2.62. The minimum Gasteiger partial charge on any atom is -0.486 e. The zero-order valence-electron chi connectivity index (χ0n) is 19.0. The van der Waals surface area contributed by atoms with E-state index in [4.69, 9.17) is 14.2 Å². The number of anilines is 1. The van der Waals surface area contributed by atoms with Crippen molar-refractivity contribution in [3.05, 3.63) is 83.7 Å². The summed E-state index contributed by atoms with van der Waals surface area (Å²) in [7, 11) is -3.91. The molecule has 2 N–H and O–H groups in total. The Morgan fingerprint density at radius 2 is 1.61 bits per heavy atom. The molecule has 9 nitrogen and oxygen atoms in total. The minimum atomic E-state index is -3.91. The quantitative estimate of drug-likeness (QED) is 0.422. The van der Waals surface area contributed by atoms with Crippen LogP contribution in [0.5, 0.6) is 11.5 Å². The standard InChI is InChI=1S/C25H23FN2O7S/c26-19-5-1-17(2-6-19)11-12-27-24(29)16-35-25(30)18-3-7-20(8-4-18)28-36(31,32)21-9-10-22-23(15-21)34-14-13-33-22/h1-10,15,28H,11-14,16H2,(H,27,29). The molecule has 1 aliphatic heterocycles. The van der Waals surface area contributed by atoms with Crippen LogP contribution < -0.4 is 19.5 Å². The Morgan fingerprint density at radius 3 is 2.33 bits per heavy atom. The van der Waals surface area contributed by atoms with Gasteiger partial charge < -0.3 is 19.5 Å². The number of benzene rings is 3. The summed E-state index contributed by atoms with van der Waals surface area (Å²) >= 11 is 0. The smallest absolute Gasteiger partial charge is 0.338 e. The van der Waals surface area contributed by atoms with E-state index in [2.05, 4.69) is 10.0 Å². The molecule has 0 saturated carbocycles. The predicted octanol–water partition coefficient (Wildman–Crippen LogP) is 2.91. The van der Waals surface area contributed by atoms with Crippen LogP contribution in [0.2, 0.25) is 0 Å². The number of amides is 1. The molecule has 3 aromatic rings.